The van der Waals surface area contributed by atoms with Crippen LogP contribution in [0.2, 0.25) is 0 Å². The Hall–Kier alpha value is -2.16. The summed E-state index contributed by atoms with van der Waals surface area (Å²) < 4.78 is 11.3. The fourth-order valence-corrected chi connectivity index (χ4v) is 2.75. The van der Waals surface area contributed by atoms with Gasteiger partial charge in [-0.15, -0.1) is 24.0 Å². The molecule has 3 rings (SSSR count). The van der Waals surface area contributed by atoms with Gasteiger partial charge >= 0.3 is 0 Å². The minimum atomic E-state index is 0. The monoisotopic (exact) mass is 482 g/mol. The standard InChI is InChI=1S/C20H26N4O2.HI/c1-24(17-7-3-2-4-8-17)12-5-11-22-20(21)23-16-9-10-18-19(15-16)26-14-6-13-25-18;/h2-4,7-10,15H,5-6,11-14H2,1H3,(H3,21,22,23);1H. The molecule has 3 N–H and O–H groups in total. The van der Waals surface area contributed by atoms with Gasteiger partial charge in [-0.2, -0.15) is 0 Å². The van der Waals surface area contributed by atoms with Crippen molar-refractivity contribution in [1.29, 1.82) is 0 Å². The van der Waals surface area contributed by atoms with Crippen LogP contribution in [0.1, 0.15) is 12.8 Å². The number of benzene rings is 2. The predicted octanol–water partition coefficient (Wildman–Crippen LogP) is 3.72. The summed E-state index contributed by atoms with van der Waals surface area (Å²) in [5.41, 5.74) is 8.04. The van der Waals surface area contributed by atoms with Crippen molar-refractivity contribution in [2.75, 3.05) is 43.6 Å². The maximum Gasteiger partial charge on any atom is 0.193 e. The Kier molecular flexibility index (Phi) is 8.50. The Morgan fingerprint density at radius 2 is 1.85 bits per heavy atom. The average molecular weight is 482 g/mol. The molecule has 1 aliphatic heterocycles. The molecule has 0 radical (unpaired) electrons. The molecule has 0 aromatic heterocycles. The van der Waals surface area contributed by atoms with E-state index in [1.54, 1.807) is 0 Å². The van der Waals surface area contributed by atoms with Gasteiger partial charge in [0.15, 0.2) is 17.5 Å². The van der Waals surface area contributed by atoms with E-state index in [4.69, 9.17) is 15.2 Å². The number of rotatable bonds is 6. The number of anilines is 2. The normalized spacial score (nSPS) is 13.3. The van der Waals surface area contributed by atoms with Crippen LogP contribution < -0.4 is 25.4 Å². The number of halogens is 1. The smallest absolute Gasteiger partial charge is 0.193 e. The zero-order valence-electron chi connectivity index (χ0n) is 15.6. The van der Waals surface area contributed by atoms with E-state index in [0.29, 0.717) is 25.7 Å². The number of hydrogen-bond acceptors (Lipinski definition) is 4. The van der Waals surface area contributed by atoms with Crippen LogP contribution in [-0.4, -0.2) is 39.3 Å². The maximum atomic E-state index is 5.99. The SMILES string of the molecule is CN(CCCN=C(N)Nc1ccc2c(c1)OCCCO2)c1ccccc1.I. The minimum Gasteiger partial charge on any atom is -0.490 e. The highest BCUT2D eigenvalue weighted by atomic mass is 127. The molecule has 27 heavy (non-hydrogen) atoms. The first-order valence-corrected chi connectivity index (χ1v) is 8.95. The van der Waals surface area contributed by atoms with Crippen molar-refractivity contribution in [3.8, 4) is 11.5 Å². The fraction of sp³-hybridized carbons (Fsp3) is 0.350. The number of fused-ring (bicyclic) bond motifs is 1. The minimum absolute atomic E-state index is 0. The average Bonchev–Trinajstić information content (AvgIpc) is 2.91. The van der Waals surface area contributed by atoms with E-state index in [1.807, 2.05) is 36.4 Å². The van der Waals surface area contributed by atoms with Gasteiger partial charge in [0.05, 0.1) is 13.2 Å². The molecule has 0 bridgehead atoms. The summed E-state index contributed by atoms with van der Waals surface area (Å²) in [5.74, 6) is 1.92. The molecule has 0 atom stereocenters. The fourth-order valence-electron chi connectivity index (χ4n) is 2.75. The molecular formula is C20H27IN4O2. The van der Waals surface area contributed by atoms with Crippen molar-refractivity contribution >= 4 is 41.3 Å². The lowest BCUT2D eigenvalue weighted by atomic mass is 10.2. The van der Waals surface area contributed by atoms with E-state index in [1.165, 1.54) is 5.69 Å². The van der Waals surface area contributed by atoms with E-state index in [0.717, 1.165) is 36.6 Å². The molecule has 0 amide bonds. The van der Waals surface area contributed by atoms with Gasteiger partial charge in [0.25, 0.3) is 0 Å². The highest BCUT2D eigenvalue weighted by Gasteiger charge is 2.10. The molecule has 7 heteroatoms. The number of aliphatic imine (C=N–C) groups is 1. The molecule has 2 aromatic rings. The van der Waals surface area contributed by atoms with Crippen LogP contribution in [0.25, 0.3) is 0 Å². The van der Waals surface area contributed by atoms with Crippen molar-refractivity contribution in [2.45, 2.75) is 12.8 Å². The van der Waals surface area contributed by atoms with Gasteiger partial charge in [0.1, 0.15) is 0 Å². The zero-order valence-corrected chi connectivity index (χ0v) is 17.9. The number of hydrogen-bond donors (Lipinski definition) is 2. The van der Waals surface area contributed by atoms with E-state index in [-0.39, 0.29) is 24.0 Å². The first-order valence-electron chi connectivity index (χ1n) is 8.95. The molecule has 146 valence electrons. The Morgan fingerprint density at radius 3 is 2.63 bits per heavy atom. The second kappa shape index (κ2) is 10.9. The molecule has 0 saturated heterocycles. The quantitative estimate of drug-likeness (QED) is 0.284. The number of ether oxygens (including phenoxy) is 2. The van der Waals surface area contributed by atoms with Crippen LogP contribution in [0.15, 0.2) is 53.5 Å². The van der Waals surface area contributed by atoms with Crippen LogP contribution >= 0.6 is 24.0 Å². The predicted molar refractivity (Wildman–Crippen MR) is 122 cm³/mol. The van der Waals surface area contributed by atoms with Crippen molar-refractivity contribution in [2.24, 2.45) is 10.7 Å². The van der Waals surface area contributed by atoms with E-state index >= 15 is 0 Å². The molecular weight excluding hydrogens is 455 g/mol. The third-order valence-electron chi connectivity index (χ3n) is 4.15. The third-order valence-corrected chi connectivity index (χ3v) is 4.15. The second-order valence-electron chi connectivity index (χ2n) is 6.21. The van der Waals surface area contributed by atoms with Gasteiger partial charge < -0.3 is 25.4 Å². The second-order valence-corrected chi connectivity index (χ2v) is 6.21. The van der Waals surface area contributed by atoms with Crippen LogP contribution in [0.5, 0.6) is 11.5 Å². The number of guanidine groups is 1. The summed E-state index contributed by atoms with van der Waals surface area (Å²) in [5, 5.41) is 3.11. The van der Waals surface area contributed by atoms with Crippen LogP contribution in [0.3, 0.4) is 0 Å². The highest BCUT2D eigenvalue weighted by Crippen LogP contribution is 2.32. The molecule has 0 unspecified atom stereocenters. The summed E-state index contributed by atoms with van der Waals surface area (Å²) in [4.78, 5) is 6.61. The lowest BCUT2D eigenvalue weighted by Crippen LogP contribution is -2.24. The maximum absolute atomic E-state index is 5.99. The number of nitrogens with two attached hydrogens (primary N) is 1. The van der Waals surface area contributed by atoms with Crippen molar-refractivity contribution in [1.82, 2.24) is 0 Å². The van der Waals surface area contributed by atoms with Gasteiger partial charge in [-0.1, -0.05) is 18.2 Å². The third kappa shape index (κ3) is 6.50. The molecule has 2 aromatic carbocycles. The summed E-state index contributed by atoms with van der Waals surface area (Å²) in [7, 11) is 2.08. The number of nitrogens with one attached hydrogen (secondary N) is 1. The van der Waals surface area contributed by atoms with Crippen LogP contribution in [0, 0.1) is 0 Å². The number of para-hydroxylation sites is 1. The van der Waals surface area contributed by atoms with Gasteiger partial charge in [-0.05, 0) is 30.7 Å². The number of nitrogens with zero attached hydrogens (tertiary/aromatic N) is 2. The van der Waals surface area contributed by atoms with Crippen molar-refractivity contribution < 1.29 is 9.47 Å². The summed E-state index contributed by atoms with van der Waals surface area (Å²) in [6.07, 6.45) is 1.81. The van der Waals surface area contributed by atoms with E-state index < -0.39 is 0 Å². The molecule has 1 aliphatic rings. The Labute approximate surface area is 177 Å². The summed E-state index contributed by atoms with van der Waals surface area (Å²) in [6.45, 7) is 2.93. The lowest BCUT2D eigenvalue weighted by Gasteiger charge is -2.18. The van der Waals surface area contributed by atoms with E-state index in [9.17, 15) is 0 Å². The van der Waals surface area contributed by atoms with Gasteiger partial charge in [0, 0.05) is 44.0 Å². The van der Waals surface area contributed by atoms with Crippen molar-refractivity contribution in [3.05, 3.63) is 48.5 Å². The Bertz CT molecular complexity index is 740. The Balaban J connectivity index is 0.00000261. The van der Waals surface area contributed by atoms with Gasteiger partial charge in [0.2, 0.25) is 0 Å². The van der Waals surface area contributed by atoms with E-state index in [2.05, 4.69) is 34.4 Å². The molecule has 0 saturated carbocycles. The first kappa shape index (κ1) is 21.1. The lowest BCUT2D eigenvalue weighted by molar-refractivity contribution is 0.297. The largest absolute Gasteiger partial charge is 0.490 e. The zero-order chi connectivity index (χ0) is 18.2. The van der Waals surface area contributed by atoms with Gasteiger partial charge in [-0.3, -0.25) is 4.99 Å². The molecule has 6 nitrogen and oxygen atoms in total. The summed E-state index contributed by atoms with van der Waals surface area (Å²) in [6, 6.07) is 16.0. The molecule has 0 fully saturated rings. The molecule has 0 aliphatic carbocycles. The highest BCUT2D eigenvalue weighted by molar-refractivity contribution is 14.0. The van der Waals surface area contributed by atoms with Crippen LogP contribution in [0.4, 0.5) is 11.4 Å². The topological polar surface area (TPSA) is 72.1 Å². The van der Waals surface area contributed by atoms with Gasteiger partial charge in [-0.25, -0.2) is 0 Å². The Morgan fingerprint density at radius 1 is 1.11 bits per heavy atom. The summed E-state index contributed by atoms with van der Waals surface area (Å²) >= 11 is 0. The van der Waals surface area contributed by atoms with Crippen molar-refractivity contribution in [3.63, 3.8) is 0 Å². The molecule has 0 spiro atoms. The molecule has 1 heterocycles. The van der Waals surface area contributed by atoms with Crippen LogP contribution in [-0.2, 0) is 0 Å². The first-order chi connectivity index (χ1) is 12.7.